The second kappa shape index (κ2) is 5.62. The number of esters is 1. The third-order valence-corrected chi connectivity index (χ3v) is 3.40. The SMILES string of the molecule is COC(=O)c1sccc1NC(=O)c1cc(O)ccc1O. The zero-order valence-corrected chi connectivity index (χ0v) is 11.2. The van der Waals surface area contributed by atoms with Gasteiger partial charge < -0.3 is 20.3 Å². The largest absolute Gasteiger partial charge is 0.508 e. The normalized spacial score (nSPS) is 10.1. The number of rotatable bonds is 3. The van der Waals surface area contributed by atoms with Crippen LogP contribution in [-0.2, 0) is 4.74 Å². The second-order valence-electron chi connectivity index (χ2n) is 3.81. The number of benzene rings is 1. The number of methoxy groups -OCH3 is 1. The summed E-state index contributed by atoms with van der Waals surface area (Å²) in [5, 5.41) is 23.0. The van der Waals surface area contributed by atoms with Gasteiger partial charge >= 0.3 is 5.97 Å². The molecule has 20 heavy (non-hydrogen) atoms. The number of nitrogens with one attached hydrogen (secondary N) is 1. The van der Waals surface area contributed by atoms with Crippen LogP contribution in [0.2, 0.25) is 0 Å². The number of thiophene rings is 1. The van der Waals surface area contributed by atoms with Gasteiger partial charge in [0.15, 0.2) is 0 Å². The van der Waals surface area contributed by atoms with Crippen molar-refractivity contribution < 1.29 is 24.5 Å². The van der Waals surface area contributed by atoms with Gasteiger partial charge in [-0.2, -0.15) is 0 Å². The Balaban J connectivity index is 2.26. The van der Waals surface area contributed by atoms with E-state index in [1.54, 1.807) is 11.4 Å². The number of hydrogen-bond donors (Lipinski definition) is 3. The first-order chi connectivity index (χ1) is 9.52. The Morgan fingerprint density at radius 3 is 2.70 bits per heavy atom. The molecule has 2 aromatic rings. The molecule has 1 aromatic heterocycles. The van der Waals surface area contributed by atoms with Gasteiger partial charge in [-0.05, 0) is 29.6 Å². The molecule has 0 aliphatic rings. The lowest BCUT2D eigenvalue weighted by Gasteiger charge is -2.07. The van der Waals surface area contributed by atoms with Gasteiger partial charge in [0.25, 0.3) is 5.91 Å². The highest BCUT2D eigenvalue weighted by atomic mass is 32.1. The molecular weight excluding hydrogens is 282 g/mol. The lowest BCUT2D eigenvalue weighted by atomic mass is 10.1. The van der Waals surface area contributed by atoms with Gasteiger partial charge in [-0.15, -0.1) is 11.3 Å². The summed E-state index contributed by atoms with van der Waals surface area (Å²) in [6.07, 6.45) is 0. The summed E-state index contributed by atoms with van der Waals surface area (Å²) in [6.45, 7) is 0. The average molecular weight is 293 g/mol. The van der Waals surface area contributed by atoms with Crippen molar-refractivity contribution in [1.82, 2.24) is 0 Å². The molecule has 1 aromatic carbocycles. The maximum atomic E-state index is 12.0. The number of aromatic hydroxyl groups is 2. The molecule has 0 aliphatic heterocycles. The summed E-state index contributed by atoms with van der Waals surface area (Å²) in [4.78, 5) is 23.8. The van der Waals surface area contributed by atoms with E-state index >= 15 is 0 Å². The number of hydrogen-bond acceptors (Lipinski definition) is 6. The van der Waals surface area contributed by atoms with E-state index < -0.39 is 11.9 Å². The molecule has 7 heteroatoms. The highest BCUT2D eigenvalue weighted by molar-refractivity contribution is 7.12. The van der Waals surface area contributed by atoms with Crippen molar-refractivity contribution in [3.8, 4) is 11.5 Å². The third kappa shape index (κ3) is 2.72. The fraction of sp³-hybridized carbons (Fsp3) is 0.0769. The van der Waals surface area contributed by atoms with Crippen molar-refractivity contribution in [3.63, 3.8) is 0 Å². The van der Waals surface area contributed by atoms with Gasteiger partial charge in [-0.3, -0.25) is 4.79 Å². The van der Waals surface area contributed by atoms with Crippen LogP contribution in [-0.4, -0.2) is 29.2 Å². The van der Waals surface area contributed by atoms with Crippen molar-refractivity contribution in [3.05, 3.63) is 40.1 Å². The van der Waals surface area contributed by atoms with Crippen molar-refractivity contribution in [2.45, 2.75) is 0 Å². The fourth-order valence-corrected chi connectivity index (χ4v) is 2.32. The number of carbonyl (C=O) groups excluding carboxylic acids is 2. The van der Waals surface area contributed by atoms with E-state index in [0.29, 0.717) is 0 Å². The van der Waals surface area contributed by atoms with Crippen LogP contribution in [0.1, 0.15) is 20.0 Å². The molecular formula is C13H11NO5S. The van der Waals surface area contributed by atoms with E-state index in [0.717, 1.165) is 17.4 Å². The predicted molar refractivity (Wildman–Crippen MR) is 73.4 cm³/mol. The Morgan fingerprint density at radius 1 is 1.25 bits per heavy atom. The van der Waals surface area contributed by atoms with Crippen molar-refractivity contribution in [2.24, 2.45) is 0 Å². The third-order valence-electron chi connectivity index (χ3n) is 2.51. The molecule has 0 saturated carbocycles. The highest BCUT2D eigenvalue weighted by Gasteiger charge is 2.18. The molecule has 1 amide bonds. The molecule has 3 N–H and O–H groups in total. The van der Waals surface area contributed by atoms with Gasteiger partial charge in [0, 0.05) is 0 Å². The number of amides is 1. The summed E-state index contributed by atoms with van der Waals surface area (Å²) in [5.41, 5.74) is 0.196. The van der Waals surface area contributed by atoms with Crippen molar-refractivity contribution in [2.75, 3.05) is 12.4 Å². The lowest BCUT2D eigenvalue weighted by Crippen LogP contribution is -2.14. The summed E-state index contributed by atoms with van der Waals surface area (Å²) < 4.78 is 4.60. The van der Waals surface area contributed by atoms with Crippen molar-refractivity contribution in [1.29, 1.82) is 0 Å². The summed E-state index contributed by atoms with van der Waals surface area (Å²) in [7, 11) is 1.24. The molecule has 0 saturated heterocycles. The van der Waals surface area contributed by atoms with Gasteiger partial charge in [0.05, 0.1) is 18.4 Å². The van der Waals surface area contributed by atoms with Crippen molar-refractivity contribution >= 4 is 28.9 Å². The summed E-state index contributed by atoms with van der Waals surface area (Å²) >= 11 is 1.13. The van der Waals surface area contributed by atoms with Crippen LogP contribution < -0.4 is 5.32 Å². The molecule has 2 rings (SSSR count). The quantitative estimate of drug-likeness (QED) is 0.595. The minimum Gasteiger partial charge on any atom is -0.508 e. The van der Waals surface area contributed by atoms with Crippen LogP contribution in [0, 0.1) is 0 Å². The topological polar surface area (TPSA) is 95.9 Å². The van der Waals surface area contributed by atoms with Crippen LogP contribution in [0.4, 0.5) is 5.69 Å². The summed E-state index contributed by atoms with van der Waals surface area (Å²) in [5.74, 6) is -1.61. The second-order valence-corrected chi connectivity index (χ2v) is 4.73. The van der Waals surface area contributed by atoms with Gasteiger partial charge in [-0.25, -0.2) is 4.79 Å². The van der Waals surface area contributed by atoms with E-state index in [2.05, 4.69) is 10.1 Å². The molecule has 0 spiro atoms. The van der Waals surface area contributed by atoms with Crippen LogP contribution in [0.15, 0.2) is 29.6 Å². The fourth-order valence-electron chi connectivity index (χ4n) is 1.55. The molecule has 0 bridgehead atoms. The number of phenols is 2. The molecule has 0 unspecified atom stereocenters. The standard InChI is InChI=1S/C13H11NO5S/c1-19-13(18)11-9(4-5-20-11)14-12(17)8-6-7(15)2-3-10(8)16/h2-6,15-16H,1H3,(H,14,17). The van der Waals surface area contributed by atoms with E-state index in [-0.39, 0.29) is 27.6 Å². The molecule has 0 atom stereocenters. The Kier molecular flexibility index (Phi) is 3.90. The Labute approximate surface area is 118 Å². The van der Waals surface area contributed by atoms with E-state index in [9.17, 15) is 19.8 Å². The smallest absolute Gasteiger partial charge is 0.350 e. The van der Waals surface area contributed by atoms with Crippen LogP contribution in [0.25, 0.3) is 0 Å². The Hall–Kier alpha value is -2.54. The van der Waals surface area contributed by atoms with E-state index in [1.807, 2.05) is 0 Å². The zero-order chi connectivity index (χ0) is 14.7. The zero-order valence-electron chi connectivity index (χ0n) is 10.4. The monoisotopic (exact) mass is 293 g/mol. The molecule has 1 heterocycles. The van der Waals surface area contributed by atoms with Crippen LogP contribution in [0.3, 0.4) is 0 Å². The van der Waals surface area contributed by atoms with E-state index in [1.165, 1.54) is 19.2 Å². The lowest BCUT2D eigenvalue weighted by molar-refractivity contribution is 0.0607. The minimum atomic E-state index is -0.637. The Bertz CT molecular complexity index is 665. The first-order valence-electron chi connectivity index (χ1n) is 5.52. The number of carbonyl (C=O) groups is 2. The predicted octanol–water partition coefficient (Wildman–Crippen LogP) is 2.20. The highest BCUT2D eigenvalue weighted by Crippen LogP contribution is 2.26. The Morgan fingerprint density at radius 2 is 2.00 bits per heavy atom. The molecule has 6 nitrogen and oxygen atoms in total. The maximum Gasteiger partial charge on any atom is 0.350 e. The van der Waals surface area contributed by atoms with Gasteiger partial charge in [-0.1, -0.05) is 0 Å². The average Bonchev–Trinajstić information content (AvgIpc) is 2.88. The number of phenolic OH excluding ortho intramolecular Hbond substituents is 2. The van der Waals surface area contributed by atoms with Gasteiger partial charge in [0.1, 0.15) is 16.4 Å². The van der Waals surface area contributed by atoms with Gasteiger partial charge in [0.2, 0.25) is 0 Å². The molecule has 0 radical (unpaired) electrons. The molecule has 0 aliphatic carbocycles. The molecule has 104 valence electrons. The van der Waals surface area contributed by atoms with Crippen LogP contribution in [0.5, 0.6) is 11.5 Å². The van der Waals surface area contributed by atoms with E-state index in [4.69, 9.17) is 0 Å². The number of ether oxygens (including phenoxy) is 1. The van der Waals surface area contributed by atoms with Crippen LogP contribution >= 0.6 is 11.3 Å². The first kappa shape index (κ1) is 13.9. The number of anilines is 1. The maximum absolute atomic E-state index is 12.0. The summed E-state index contributed by atoms with van der Waals surface area (Å²) in [6, 6.07) is 5.15. The minimum absolute atomic E-state index is 0.0907. The first-order valence-corrected chi connectivity index (χ1v) is 6.40. The molecule has 0 fully saturated rings.